The fraction of sp³-hybridized carbons (Fsp3) is 0.583. The number of nitrogens with zero attached hydrogens (tertiary/aromatic N) is 1. The summed E-state index contributed by atoms with van der Waals surface area (Å²) in [6, 6.07) is 2.48. The molecular weight excluding hydrogens is 316 g/mol. The molecule has 0 aliphatic rings. The fourth-order valence-corrected chi connectivity index (χ4v) is 1.87. The molecule has 0 saturated carbocycles. The molecule has 0 atom stereocenters. The lowest BCUT2D eigenvalue weighted by atomic mass is 9.88. The highest BCUT2D eigenvalue weighted by Gasteiger charge is 2.21. The van der Waals surface area contributed by atoms with Crippen LogP contribution in [0.2, 0.25) is 0 Å². The van der Waals surface area contributed by atoms with Crippen molar-refractivity contribution in [2.24, 2.45) is 5.41 Å². The van der Waals surface area contributed by atoms with Crippen molar-refractivity contribution >= 4 is 27.7 Å². The van der Waals surface area contributed by atoms with E-state index in [9.17, 15) is 14.9 Å². The number of carbonyl (C=O) groups excluding carboxylic acids is 1. The predicted molar refractivity (Wildman–Crippen MR) is 74.5 cm³/mol. The molecule has 19 heavy (non-hydrogen) atoms. The van der Waals surface area contributed by atoms with E-state index in [1.165, 1.54) is 12.1 Å². The predicted octanol–water partition coefficient (Wildman–Crippen LogP) is 3.12. The van der Waals surface area contributed by atoms with Crippen LogP contribution < -0.4 is 5.32 Å². The maximum absolute atomic E-state index is 11.8. The quantitative estimate of drug-likeness (QED) is 0.472. The van der Waals surface area contributed by atoms with E-state index in [-0.39, 0.29) is 11.2 Å². The van der Waals surface area contributed by atoms with Crippen molar-refractivity contribution in [2.75, 3.05) is 11.9 Å². The van der Waals surface area contributed by atoms with Gasteiger partial charge in [-0.3, -0.25) is 14.9 Å². The standard InChI is InChI=1S/C12H17BrN2O4/c1-12(2,6-3-7-13)8-14-11(16)9-4-5-10(19-9)15(17)18/h4-5H,3,6-8H2,1-2H3,(H,14,16). The van der Waals surface area contributed by atoms with E-state index in [4.69, 9.17) is 4.42 Å². The molecule has 6 nitrogen and oxygen atoms in total. The number of furan rings is 1. The highest BCUT2D eigenvalue weighted by atomic mass is 79.9. The van der Waals surface area contributed by atoms with Crippen LogP contribution in [0.3, 0.4) is 0 Å². The smallest absolute Gasteiger partial charge is 0.395 e. The third kappa shape index (κ3) is 5.02. The van der Waals surface area contributed by atoms with Crippen LogP contribution in [0.5, 0.6) is 0 Å². The molecule has 0 unspecified atom stereocenters. The third-order valence-corrected chi connectivity index (χ3v) is 3.27. The summed E-state index contributed by atoms with van der Waals surface area (Å²) in [5.41, 5.74) is -0.0258. The normalized spacial score (nSPS) is 11.3. The van der Waals surface area contributed by atoms with Gasteiger partial charge < -0.3 is 9.73 Å². The van der Waals surface area contributed by atoms with Crippen LogP contribution in [0.4, 0.5) is 5.88 Å². The summed E-state index contributed by atoms with van der Waals surface area (Å²) in [4.78, 5) is 21.5. The van der Waals surface area contributed by atoms with E-state index >= 15 is 0 Å². The van der Waals surface area contributed by atoms with Gasteiger partial charge in [-0.05, 0) is 24.3 Å². The number of rotatable bonds is 7. The number of alkyl halides is 1. The fourth-order valence-electron chi connectivity index (χ4n) is 1.59. The molecule has 1 N–H and O–H groups in total. The molecule has 0 aliphatic carbocycles. The third-order valence-electron chi connectivity index (χ3n) is 2.71. The molecule has 1 amide bonds. The second-order valence-electron chi connectivity index (χ2n) is 5.03. The minimum Gasteiger partial charge on any atom is -0.395 e. The van der Waals surface area contributed by atoms with Crippen LogP contribution in [-0.4, -0.2) is 22.7 Å². The van der Waals surface area contributed by atoms with Crippen LogP contribution in [0.25, 0.3) is 0 Å². The highest BCUT2D eigenvalue weighted by Crippen LogP contribution is 2.22. The minimum absolute atomic E-state index is 0.0258. The second-order valence-corrected chi connectivity index (χ2v) is 5.83. The van der Waals surface area contributed by atoms with Gasteiger partial charge in [-0.1, -0.05) is 29.8 Å². The average Bonchev–Trinajstić information content (AvgIpc) is 2.83. The molecule has 0 saturated heterocycles. The first kappa shape index (κ1) is 15.7. The van der Waals surface area contributed by atoms with Crippen LogP contribution >= 0.6 is 15.9 Å². The molecule has 0 aromatic carbocycles. The molecule has 0 radical (unpaired) electrons. The molecule has 1 aromatic rings. The minimum atomic E-state index is -0.670. The Bertz CT molecular complexity index is 456. The van der Waals surface area contributed by atoms with Gasteiger partial charge in [0, 0.05) is 11.9 Å². The van der Waals surface area contributed by atoms with Gasteiger partial charge in [-0.15, -0.1) is 0 Å². The Morgan fingerprint density at radius 1 is 1.53 bits per heavy atom. The number of carbonyl (C=O) groups is 1. The number of nitro groups is 1. The van der Waals surface area contributed by atoms with E-state index in [2.05, 4.69) is 35.1 Å². The lowest BCUT2D eigenvalue weighted by Gasteiger charge is -2.24. The maximum atomic E-state index is 11.8. The largest absolute Gasteiger partial charge is 0.433 e. The van der Waals surface area contributed by atoms with Gasteiger partial charge >= 0.3 is 5.88 Å². The summed E-state index contributed by atoms with van der Waals surface area (Å²) in [7, 11) is 0. The Morgan fingerprint density at radius 2 is 2.21 bits per heavy atom. The Morgan fingerprint density at radius 3 is 2.74 bits per heavy atom. The molecule has 1 heterocycles. The summed E-state index contributed by atoms with van der Waals surface area (Å²) in [6.07, 6.45) is 1.99. The van der Waals surface area contributed by atoms with Crippen molar-refractivity contribution in [2.45, 2.75) is 26.7 Å². The van der Waals surface area contributed by atoms with Gasteiger partial charge in [0.2, 0.25) is 0 Å². The molecule has 106 valence electrons. The van der Waals surface area contributed by atoms with Crippen molar-refractivity contribution in [3.8, 4) is 0 Å². The van der Waals surface area contributed by atoms with Crippen molar-refractivity contribution in [3.63, 3.8) is 0 Å². The zero-order chi connectivity index (χ0) is 14.5. The van der Waals surface area contributed by atoms with Gasteiger partial charge in [-0.2, -0.15) is 0 Å². The zero-order valence-electron chi connectivity index (χ0n) is 10.9. The lowest BCUT2D eigenvalue weighted by Crippen LogP contribution is -2.33. The molecular formula is C12H17BrN2O4. The summed E-state index contributed by atoms with van der Waals surface area (Å²) < 4.78 is 4.83. The first-order valence-corrected chi connectivity index (χ1v) is 7.06. The van der Waals surface area contributed by atoms with Crippen LogP contribution in [0, 0.1) is 15.5 Å². The zero-order valence-corrected chi connectivity index (χ0v) is 12.5. The van der Waals surface area contributed by atoms with E-state index < -0.39 is 16.7 Å². The molecule has 7 heteroatoms. The summed E-state index contributed by atoms with van der Waals surface area (Å²) in [5.74, 6) is -0.897. The van der Waals surface area contributed by atoms with Gasteiger partial charge in [0.05, 0.1) is 6.07 Å². The first-order valence-electron chi connectivity index (χ1n) is 5.94. The molecule has 1 rings (SSSR count). The number of halogens is 1. The number of amides is 1. The van der Waals surface area contributed by atoms with Gasteiger partial charge in [-0.25, -0.2) is 0 Å². The molecule has 0 aliphatic heterocycles. The number of hydrogen-bond donors (Lipinski definition) is 1. The van der Waals surface area contributed by atoms with Gasteiger partial charge in [0.1, 0.15) is 4.92 Å². The van der Waals surface area contributed by atoms with Crippen molar-refractivity contribution < 1.29 is 14.1 Å². The van der Waals surface area contributed by atoms with E-state index in [1.54, 1.807) is 0 Å². The molecule has 1 aromatic heterocycles. The Labute approximate surface area is 119 Å². The topological polar surface area (TPSA) is 85.4 Å². The van der Waals surface area contributed by atoms with Crippen molar-refractivity contribution in [3.05, 3.63) is 28.0 Å². The first-order chi connectivity index (χ1) is 8.85. The van der Waals surface area contributed by atoms with Crippen LogP contribution in [0.15, 0.2) is 16.5 Å². The molecule has 0 fully saturated rings. The number of nitrogens with one attached hydrogen (secondary N) is 1. The Kier molecular flexibility index (Phi) is 5.53. The van der Waals surface area contributed by atoms with Crippen LogP contribution in [-0.2, 0) is 0 Å². The SMILES string of the molecule is CC(C)(CCCBr)CNC(=O)c1ccc([N+](=O)[O-])o1. The van der Waals surface area contributed by atoms with E-state index in [0.717, 1.165) is 18.2 Å². The highest BCUT2D eigenvalue weighted by molar-refractivity contribution is 9.09. The van der Waals surface area contributed by atoms with E-state index in [0.29, 0.717) is 6.54 Å². The average molecular weight is 333 g/mol. The van der Waals surface area contributed by atoms with Gasteiger partial charge in [0.15, 0.2) is 5.76 Å². The van der Waals surface area contributed by atoms with Crippen molar-refractivity contribution in [1.29, 1.82) is 0 Å². The second kappa shape index (κ2) is 6.70. The lowest BCUT2D eigenvalue weighted by molar-refractivity contribution is -0.402. The number of hydrogen-bond acceptors (Lipinski definition) is 4. The summed E-state index contributed by atoms with van der Waals surface area (Å²) in [6.45, 7) is 4.61. The maximum Gasteiger partial charge on any atom is 0.433 e. The molecule has 0 bridgehead atoms. The van der Waals surface area contributed by atoms with Crippen molar-refractivity contribution in [1.82, 2.24) is 5.32 Å². The summed E-state index contributed by atoms with van der Waals surface area (Å²) in [5, 5.41) is 14.1. The monoisotopic (exact) mass is 332 g/mol. The Hall–Kier alpha value is -1.37. The Balaban J connectivity index is 2.52. The van der Waals surface area contributed by atoms with Gasteiger partial charge in [0.25, 0.3) is 5.91 Å². The van der Waals surface area contributed by atoms with Crippen LogP contribution in [0.1, 0.15) is 37.2 Å². The summed E-state index contributed by atoms with van der Waals surface area (Å²) >= 11 is 3.37. The van der Waals surface area contributed by atoms with E-state index in [1.807, 2.05) is 0 Å². The molecule has 0 spiro atoms.